The number of benzene rings is 1. The van der Waals surface area contributed by atoms with E-state index in [9.17, 15) is 9.59 Å². The molecule has 2 rings (SSSR count). The van der Waals surface area contributed by atoms with Crippen molar-refractivity contribution in [3.05, 3.63) is 45.7 Å². The summed E-state index contributed by atoms with van der Waals surface area (Å²) in [5, 5.41) is 11.1. The molecule has 0 saturated heterocycles. The summed E-state index contributed by atoms with van der Waals surface area (Å²) in [6.45, 7) is 5.41. The molecule has 0 unspecified atom stereocenters. The first-order chi connectivity index (χ1) is 11.8. The maximum atomic E-state index is 12.3. The van der Waals surface area contributed by atoms with Gasteiger partial charge in [-0.05, 0) is 47.5 Å². The third kappa shape index (κ3) is 4.54. The fourth-order valence-corrected chi connectivity index (χ4v) is 2.69. The van der Waals surface area contributed by atoms with Gasteiger partial charge in [-0.1, -0.05) is 19.1 Å². The van der Waals surface area contributed by atoms with E-state index in [4.69, 9.17) is 0 Å². The average Bonchev–Trinajstić information content (AvgIpc) is 2.85. The Morgan fingerprint density at radius 2 is 1.92 bits per heavy atom. The standard InChI is InChI=1S/C17H20BrN5O2/c1-5-14(24)19-13-8-6-12(7-9-13)10(2)20-21-17(25)16-15(18)11(3)22-23(16)4/h6-9H,5H2,1-4H3,(H,19,24)(H,21,25)/b20-10-. The summed E-state index contributed by atoms with van der Waals surface area (Å²) in [6, 6.07) is 7.26. The summed E-state index contributed by atoms with van der Waals surface area (Å²) in [5.74, 6) is -0.386. The van der Waals surface area contributed by atoms with Crippen LogP contribution in [-0.4, -0.2) is 27.3 Å². The number of rotatable bonds is 5. The number of halogens is 1. The molecular formula is C17H20BrN5O2. The van der Waals surface area contributed by atoms with Gasteiger partial charge in [0, 0.05) is 19.2 Å². The lowest BCUT2D eigenvalue weighted by molar-refractivity contribution is -0.115. The molecule has 7 nitrogen and oxygen atoms in total. The first-order valence-corrected chi connectivity index (χ1v) is 8.56. The lowest BCUT2D eigenvalue weighted by atomic mass is 10.1. The second kappa shape index (κ2) is 8.06. The lowest BCUT2D eigenvalue weighted by Crippen LogP contribution is -2.22. The SMILES string of the molecule is CCC(=O)Nc1ccc(/C(C)=N\NC(=O)c2c(Br)c(C)nn2C)cc1. The van der Waals surface area contributed by atoms with Crippen LogP contribution in [0.4, 0.5) is 5.69 Å². The van der Waals surface area contributed by atoms with E-state index in [2.05, 4.69) is 36.9 Å². The van der Waals surface area contributed by atoms with Gasteiger partial charge in [0.05, 0.1) is 15.9 Å². The molecule has 1 aromatic carbocycles. The maximum Gasteiger partial charge on any atom is 0.290 e. The largest absolute Gasteiger partial charge is 0.326 e. The van der Waals surface area contributed by atoms with E-state index in [-0.39, 0.29) is 11.8 Å². The Bertz CT molecular complexity index is 824. The Morgan fingerprint density at radius 1 is 1.28 bits per heavy atom. The second-order valence-electron chi connectivity index (χ2n) is 5.49. The minimum absolute atomic E-state index is 0.0394. The van der Waals surface area contributed by atoms with Crippen molar-refractivity contribution in [2.24, 2.45) is 12.1 Å². The highest BCUT2D eigenvalue weighted by Crippen LogP contribution is 2.20. The normalized spacial score (nSPS) is 11.3. The Labute approximate surface area is 154 Å². The van der Waals surface area contributed by atoms with Crippen LogP contribution in [0.3, 0.4) is 0 Å². The van der Waals surface area contributed by atoms with E-state index in [1.54, 1.807) is 33.0 Å². The smallest absolute Gasteiger partial charge is 0.290 e. The Morgan fingerprint density at radius 3 is 2.44 bits per heavy atom. The molecule has 0 atom stereocenters. The van der Waals surface area contributed by atoms with Crippen LogP contribution in [0.2, 0.25) is 0 Å². The fraction of sp³-hybridized carbons (Fsp3) is 0.294. The molecule has 2 aromatic rings. The third-order valence-electron chi connectivity index (χ3n) is 3.60. The van der Waals surface area contributed by atoms with Crippen LogP contribution in [0, 0.1) is 6.92 Å². The lowest BCUT2D eigenvalue weighted by Gasteiger charge is -2.06. The van der Waals surface area contributed by atoms with E-state index in [1.807, 2.05) is 19.1 Å². The zero-order chi connectivity index (χ0) is 18.6. The summed E-state index contributed by atoms with van der Waals surface area (Å²) in [5.41, 5.74) is 5.90. The maximum absolute atomic E-state index is 12.3. The van der Waals surface area contributed by atoms with E-state index >= 15 is 0 Å². The Kier molecular flexibility index (Phi) is 6.08. The number of nitrogens with one attached hydrogen (secondary N) is 2. The number of hydrogen-bond acceptors (Lipinski definition) is 4. The number of anilines is 1. The molecule has 0 aliphatic heterocycles. The predicted molar refractivity (Wildman–Crippen MR) is 101 cm³/mol. The molecular weight excluding hydrogens is 386 g/mol. The number of aryl methyl sites for hydroxylation is 2. The first-order valence-electron chi connectivity index (χ1n) is 7.77. The van der Waals surface area contributed by atoms with E-state index in [0.29, 0.717) is 22.3 Å². The number of amides is 2. The van der Waals surface area contributed by atoms with Crippen molar-refractivity contribution >= 4 is 39.1 Å². The number of hydrazone groups is 1. The van der Waals surface area contributed by atoms with Gasteiger partial charge in [0.15, 0.2) is 0 Å². The molecule has 1 aromatic heterocycles. The van der Waals surface area contributed by atoms with Gasteiger partial charge in [-0.2, -0.15) is 10.2 Å². The molecule has 0 aliphatic rings. The second-order valence-corrected chi connectivity index (χ2v) is 6.28. The van der Waals surface area contributed by atoms with Crippen molar-refractivity contribution in [2.75, 3.05) is 5.32 Å². The molecule has 0 radical (unpaired) electrons. The van der Waals surface area contributed by atoms with Crippen LogP contribution in [0.5, 0.6) is 0 Å². The molecule has 8 heteroatoms. The minimum atomic E-state index is -0.346. The zero-order valence-electron chi connectivity index (χ0n) is 14.6. The van der Waals surface area contributed by atoms with Crippen molar-refractivity contribution in [1.29, 1.82) is 0 Å². The van der Waals surface area contributed by atoms with Crippen LogP contribution < -0.4 is 10.7 Å². The number of hydrogen-bond donors (Lipinski definition) is 2. The van der Waals surface area contributed by atoms with Crippen molar-refractivity contribution in [1.82, 2.24) is 15.2 Å². The molecule has 2 N–H and O–H groups in total. The Balaban J connectivity index is 2.08. The molecule has 0 saturated carbocycles. The molecule has 1 heterocycles. The van der Waals surface area contributed by atoms with Crippen LogP contribution in [0.1, 0.15) is 42.0 Å². The third-order valence-corrected chi connectivity index (χ3v) is 4.55. The van der Waals surface area contributed by atoms with Crippen LogP contribution in [0.25, 0.3) is 0 Å². The highest BCUT2D eigenvalue weighted by atomic mass is 79.9. The summed E-state index contributed by atoms with van der Waals surface area (Å²) in [6.07, 6.45) is 0.428. The molecule has 132 valence electrons. The van der Waals surface area contributed by atoms with Crippen molar-refractivity contribution in [2.45, 2.75) is 27.2 Å². The van der Waals surface area contributed by atoms with Gasteiger partial charge in [-0.25, -0.2) is 5.43 Å². The van der Waals surface area contributed by atoms with Crippen molar-refractivity contribution in [3.8, 4) is 0 Å². The Hall–Kier alpha value is -2.48. The van der Waals surface area contributed by atoms with Crippen LogP contribution >= 0.6 is 15.9 Å². The number of nitrogens with zero attached hydrogens (tertiary/aromatic N) is 3. The molecule has 2 amide bonds. The predicted octanol–water partition coefficient (Wildman–Crippen LogP) is 2.99. The molecule has 0 bridgehead atoms. The molecule has 0 fully saturated rings. The van der Waals surface area contributed by atoms with Crippen molar-refractivity contribution < 1.29 is 9.59 Å². The zero-order valence-corrected chi connectivity index (χ0v) is 16.1. The van der Waals surface area contributed by atoms with Gasteiger partial charge >= 0.3 is 0 Å². The van der Waals surface area contributed by atoms with Gasteiger partial charge in [-0.15, -0.1) is 0 Å². The monoisotopic (exact) mass is 405 g/mol. The fourth-order valence-electron chi connectivity index (χ4n) is 2.18. The van der Waals surface area contributed by atoms with E-state index < -0.39 is 0 Å². The van der Waals surface area contributed by atoms with E-state index in [1.165, 1.54) is 4.68 Å². The number of carbonyl (C=O) groups is 2. The van der Waals surface area contributed by atoms with Crippen LogP contribution in [0.15, 0.2) is 33.8 Å². The highest BCUT2D eigenvalue weighted by molar-refractivity contribution is 9.10. The van der Waals surface area contributed by atoms with Gasteiger partial charge in [0.2, 0.25) is 5.91 Å². The number of carbonyl (C=O) groups excluding carboxylic acids is 2. The molecule has 0 spiro atoms. The quantitative estimate of drug-likeness (QED) is 0.591. The van der Waals surface area contributed by atoms with Crippen LogP contribution in [-0.2, 0) is 11.8 Å². The van der Waals surface area contributed by atoms with Crippen molar-refractivity contribution in [3.63, 3.8) is 0 Å². The first kappa shape index (κ1) is 18.9. The summed E-state index contributed by atoms with van der Waals surface area (Å²) >= 11 is 3.36. The topological polar surface area (TPSA) is 88.4 Å². The van der Waals surface area contributed by atoms with Gasteiger partial charge in [0.25, 0.3) is 5.91 Å². The molecule has 0 aliphatic carbocycles. The average molecular weight is 406 g/mol. The summed E-state index contributed by atoms with van der Waals surface area (Å²) in [4.78, 5) is 23.7. The van der Waals surface area contributed by atoms with Gasteiger partial charge < -0.3 is 5.32 Å². The highest BCUT2D eigenvalue weighted by Gasteiger charge is 2.17. The number of aromatic nitrogens is 2. The van der Waals surface area contributed by atoms with Gasteiger partial charge in [0.1, 0.15) is 5.69 Å². The summed E-state index contributed by atoms with van der Waals surface area (Å²) < 4.78 is 2.15. The summed E-state index contributed by atoms with van der Waals surface area (Å²) in [7, 11) is 1.70. The minimum Gasteiger partial charge on any atom is -0.326 e. The molecule has 25 heavy (non-hydrogen) atoms. The van der Waals surface area contributed by atoms with E-state index in [0.717, 1.165) is 16.9 Å². The van der Waals surface area contributed by atoms with Gasteiger partial charge in [-0.3, -0.25) is 14.3 Å².